The summed E-state index contributed by atoms with van der Waals surface area (Å²) in [6, 6.07) is 15.2. The first-order valence-electron chi connectivity index (χ1n) is 11.8. The number of amides is 2. The second-order valence-corrected chi connectivity index (χ2v) is 9.53. The minimum absolute atomic E-state index is 0.0876. The molecule has 3 N–H and O–H groups in total. The number of ether oxygens (including phenoxy) is 1. The third kappa shape index (κ3) is 5.58. The predicted molar refractivity (Wildman–Crippen MR) is 131 cm³/mol. The zero-order valence-electron chi connectivity index (χ0n) is 20.3. The number of alkyl carbamates (subject to hydrolysis) is 1. The minimum Gasteiger partial charge on any atom is -0.480 e. The number of carboxylic acids is 1. The van der Waals surface area contributed by atoms with Gasteiger partial charge >= 0.3 is 12.1 Å². The second kappa shape index (κ2) is 10.7. The fraction of sp³-hybridized carbons (Fsp3) is 0.444. The van der Waals surface area contributed by atoms with Gasteiger partial charge in [0.15, 0.2) is 0 Å². The average Bonchev–Trinajstić information content (AvgIpc) is 3.10. The number of benzene rings is 2. The molecule has 0 bridgehead atoms. The number of carboxylic acid groups (broad SMARTS) is 1. The molecule has 0 spiro atoms. The van der Waals surface area contributed by atoms with Crippen LogP contribution >= 0.6 is 0 Å². The fourth-order valence-electron chi connectivity index (χ4n) is 4.57. The van der Waals surface area contributed by atoms with Crippen molar-refractivity contribution in [2.45, 2.75) is 64.5 Å². The van der Waals surface area contributed by atoms with E-state index in [-0.39, 0.29) is 24.9 Å². The van der Waals surface area contributed by atoms with E-state index in [0.717, 1.165) is 22.3 Å². The Morgan fingerprint density at radius 3 is 2.09 bits per heavy atom. The lowest BCUT2D eigenvalue weighted by molar-refractivity contribution is -0.147. The maximum atomic E-state index is 13.0. The molecule has 2 aromatic rings. The summed E-state index contributed by atoms with van der Waals surface area (Å²) >= 11 is 0. The maximum absolute atomic E-state index is 13.0. The highest BCUT2D eigenvalue weighted by Gasteiger charge is 2.37. The molecule has 0 heterocycles. The van der Waals surface area contributed by atoms with Crippen LogP contribution in [0.5, 0.6) is 0 Å². The molecule has 182 valence electrons. The highest BCUT2D eigenvalue weighted by Crippen LogP contribution is 2.44. The van der Waals surface area contributed by atoms with Crippen molar-refractivity contribution in [2.75, 3.05) is 6.61 Å². The largest absolute Gasteiger partial charge is 0.480 e. The van der Waals surface area contributed by atoms with Crippen molar-refractivity contribution >= 4 is 18.0 Å². The highest BCUT2D eigenvalue weighted by molar-refractivity contribution is 5.91. The summed E-state index contributed by atoms with van der Waals surface area (Å²) in [7, 11) is 0. The first kappa shape index (κ1) is 25.3. The van der Waals surface area contributed by atoms with Crippen LogP contribution in [0.3, 0.4) is 0 Å². The van der Waals surface area contributed by atoms with Crippen molar-refractivity contribution in [2.24, 2.45) is 5.92 Å². The first-order chi connectivity index (χ1) is 16.2. The van der Waals surface area contributed by atoms with Crippen LogP contribution in [0.25, 0.3) is 11.1 Å². The minimum atomic E-state index is -1.40. The van der Waals surface area contributed by atoms with Crippen LogP contribution in [0, 0.1) is 5.92 Å². The molecule has 7 nitrogen and oxygen atoms in total. The molecule has 34 heavy (non-hydrogen) atoms. The SMILES string of the molecule is CCCC(C)(NC(=O)[C@H](CC(C)C)NC(=O)OCC1c2ccccc2-c2ccccc21)C(=O)O. The van der Waals surface area contributed by atoms with Crippen molar-refractivity contribution in [1.82, 2.24) is 10.6 Å². The summed E-state index contributed by atoms with van der Waals surface area (Å²) in [6.45, 7) is 7.34. The third-order valence-corrected chi connectivity index (χ3v) is 6.28. The van der Waals surface area contributed by atoms with Crippen LogP contribution < -0.4 is 10.6 Å². The Bertz CT molecular complexity index is 1010. The van der Waals surface area contributed by atoms with Gasteiger partial charge in [-0.1, -0.05) is 75.7 Å². The Morgan fingerprint density at radius 2 is 1.59 bits per heavy atom. The summed E-state index contributed by atoms with van der Waals surface area (Å²) < 4.78 is 5.58. The van der Waals surface area contributed by atoms with Crippen LogP contribution in [0.2, 0.25) is 0 Å². The van der Waals surface area contributed by atoms with Gasteiger partial charge in [-0.15, -0.1) is 0 Å². The van der Waals surface area contributed by atoms with Gasteiger partial charge in [0.1, 0.15) is 18.2 Å². The van der Waals surface area contributed by atoms with Gasteiger partial charge in [0, 0.05) is 5.92 Å². The van der Waals surface area contributed by atoms with Crippen molar-refractivity contribution in [3.63, 3.8) is 0 Å². The monoisotopic (exact) mass is 466 g/mol. The number of hydrogen-bond acceptors (Lipinski definition) is 4. The lowest BCUT2D eigenvalue weighted by atomic mass is 9.94. The summed E-state index contributed by atoms with van der Waals surface area (Å²) in [5.41, 5.74) is 3.07. The van der Waals surface area contributed by atoms with Crippen LogP contribution in [0.1, 0.15) is 64.0 Å². The molecule has 0 aromatic heterocycles. The molecule has 1 aliphatic carbocycles. The summed E-state index contributed by atoms with van der Waals surface area (Å²) in [4.78, 5) is 37.4. The van der Waals surface area contributed by atoms with E-state index >= 15 is 0 Å². The van der Waals surface area contributed by atoms with E-state index < -0.39 is 29.6 Å². The molecule has 2 atom stereocenters. The van der Waals surface area contributed by atoms with Crippen molar-refractivity contribution in [3.8, 4) is 11.1 Å². The number of hydrogen-bond donors (Lipinski definition) is 3. The second-order valence-electron chi connectivity index (χ2n) is 9.53. The van der Waals surface area contributed by atoms with E-state index in [4.69, 9.17) is 4.74 Å². The molecular weight excluding hydrogens is 432 g/mol. The number of fused-ring (bicyclic) bond motifs is 3. The standard InChI is InChI=1S/C27H34N2O5/c1-5-14-27(4,25(31)32)29-24(30)23(15-17(2)3)28-26(33)34-16-22-20-12-8-6-10-18(20)19-11-7-9-13-21(19)22/h6-13,17,22-23H,5,14-16H2,1-4H3,(H,28,33)(H,29,30)(H,31,32)/t23-,27?/m0/s1. The van der Waals surface area contributed by atoms with Crippen molar-refractivity contribution in [1.29, 1.82) is 0 Å². The predicted octanol–water partition coefficient (Wildman–Crippen LogP) is 4.70. The van der Waals surface area contributed by atoms with Crippen LogP contribution in [0.15, 0.2) is 48.5 Å². The molecule has 2 amide bonds. The fourth-order valence-corrected chi connectivity index (χ4v) is 4.57. The Hall–Kier alpha value is -3.35. The van der Waals surface area contributed by atoms with Crippen molar-refractivity contribution in [3.05, 3.63) is 59.7 Å². The van der Waals surface area contributed by atoms with Gasteiger partial charge in [-0.05, 0) is 47.9 Å². The van der Waals surface area contributed by atoms with Crippen LogP contribution in [0.4, 0.5) is 4.79 Å². The molecule has 1 aliphatic rings. The zero-order chi connectivity index (χ0) is 24.9. The van der Waals surface area contributed by atoms with E-state index in [1.807, 2.05) is 57.2 Å². The summed E-state index contributed by atoms with van der Waals surface area (Å²) in [5.74, 6) is -1.62. The zero-order valence-corrected chi connectivity index (χ0v) is 20.3. The molecule has 3 rings (SSSR count). The van der Waals surface area contributed by atoms with Gasteiger partial charge < -0.3 is 20.5 Å². The molecule has 0 fully saturated rings. The summed E-state index contributed by atoms with van der Waals surface area (Å²) in [6.07, 6.45) is 0.540. The Labute approximate surface area is 200 Å². The smallest absolute Gasteiger partial charge is 0.407 e. The van der Waals surface area contributed by atoms with Crippen LogP contribution in [-0.2, 0) is 14.3 Å². The Balaban J connectivity index is 1.69. The molecule has 7 heteroatoms. The number of nitrogens with one attached hydrogen (secondary N) is 2. The first-order valence-corrected chi connectivity index (χ1v) is 11.8. The molecule has 0 saturated carbocycles. The van der Waals surface area contributed by atoms with Gasteiger partial charge in [-0.2, -0.15) is 0 Å². The number of carbonyl (C=O) groups excluding carboxylic acids is 2. The third-order valence-electron chi connectivity index (χ3n) is 6.28. The summed E-state index contributed by atoms with van der Waals surface area (Å²) in [5, 5.41) is 14.9. The molecule has 2 aromatic carbocycles. The van der Waals surface area contributed by atoms with Gasteiger partial charge in [-0.25, -0.2) is 9.59 Å². The Morgan fingerprint density at radius 1 is 1.03 bits per heavy atom. The van der Waals surface area contributed by atoms with E-state index in [2.05, 4.69) is 22.8 Å². The molecular formula is C27H34N2O5. The van der Waals surface area contributed by atoms with Gasteiger partial charge in [0.2, 0.25) is 5.91 Å². The number of carbonyl (C=O) groups is 3. The van der Waals surface area contributed by atoms with Crippen molar-refractivity contribution < 1.29 is 24.2 Å². The normalized spacial score (nSPS) is 15.1. The number of rotatable bonds is 10. The lowest BCUT2D eigenvalue weighted by Crippen LogP contribution is -2.58. The van der Waals surface area contributed by atoms with Gasteiger partial charge in [0.25, 0.3) is 0 Å². The van der Waals surface area contributed by atoms with E-state index in [9.17, 15) is 19.5 Å². The maximum Gasteiger partial charge on any atom is 0.407 e. The van der Waals surface area contributed by atoms with Gasteiger partial charge in [0.05, 0.1) is 0 Å². The molecule has 0 radical (unpaired) electrons. The van der Waals surface area contributed by atoms with Crippen LogP contribution in [-0.4, -0.2) is 41.3 Å². The van der Waals surface area contributed by atoms with E-state index in [0.29, 0.717) is 12.8 Å². The van der Waals surface area contributed by atoms with E-state index in [1.165, 1.54) is 6.92 Å². The highest BCUT2D eigenvalue weighted by atomic mass is 16.5. The topological polar surface area (TPSA) is 105 Å². The van der Waals surface area contributed by atoms with E-state index in [1.54, 1.807) is 0 Å². The number of aliphatic carboxylic acids is 1. The average molecular weight is 467 g/mol. The molecule has 0 aliphatic heterocycles. The lowest BCUT2D eigenvalue weighted by Gasteiger charge is -2.29. The Kier molecular flexibility index (Phi) is 7.97. The van der Waals surface area contributed by atoms with Gasteiger partial charge in [-0.3, -0.25) is 4.79 Å². The molecule has 0 saturated heterocycles. The molecule has 1 unspecified atom stereocenters. The quantitative estimate of drug-likeness (QED) is 0.471.